The summed E-state index contributed by atoms with van der Waals surface area (Å²) in [6.07, 6.45) is 0. The van der Waals surface area contributed by atoms with E-state index in [1.165, 1.54) is 16.0 Å². The summed E-state index contributed by atoms with van der Waals surface area (Å²) in [7, 11) is -1.39. The zero-order valence-electron chi connectivity index (χ0n) is 23.6. The molecule has 0 spiro atoms. The lowest BCUT2D eigenvalue weighted by molar-refractivity contribution is 0.669. The maximum Gasteiger partial charge on any atom is 0.137 e. The quantitative estimate of drug-likeness (QED) is 0.210. The Hall–Kier alpha value is -4.80. The summed E-state index contributed by atoms with van der Waals surface area (Å²) in [5.74, 6) is 0. The minimum Gasteiger partial charge on any atom is -0.456 e. The fourth-order valence-electron chi connectivity index (χ4n) is 5.55. The van der Waals surface area contributed by atoms with E-state index in [1.54, 1.807) is 0 Å². The lowest BCUT2D eigenvalue weighted by Crippen LogP contribution is -2.37. The van der Waals surface area contributed by atoms with Crippen LogP contribution in [0.4, 0.5) is 28.4 Å². The number of fused-ring (bicyclic) bond motifs is 4. The van der Waals surface area contributed by atoms with E-state index in [0.717, 1.165) is 50.4 Å². The molecule has 0 amide bonds. The number of nitrogens with zero attached hydrogens (tertiary/aromatic N) is 1. The molecule has 0 aliphatic carbocycles. The first-order valence-corrected chi connectivity index (χ1v) is 17.6. The zero-order valence-corrected chi connectivity index (χ0v) is 24.6. The van der Waals surface area contributed by atoms with Gasteiger partial charge in [-0.3, -0.25) is 0 Å². The Morgan fingerprint density at radius 3 is 1.95 bits per heavy atom. The van der Waals surface area contributed by atoms with Gasteiger partial charge < -0.3 is 14.6 Å². The molecule has 3 nitrogen and oxygen atoms in total. The van der Waals surface area contributed by atoms with Gasteiger partial charge in [0.2, 0.25) is 0 Å². The van der Waals surface area contributed by atoms with E-state index in [2.05, 4.69) is 163 Å². The van der Waals surface area contributed by atoms with Crippen LogP contribution in [0.1, 0.15) is 0 Å². The average molecular weight is 549 g/mol. The predicted molar refractivity (Wildman–Crippen MR) is 179 cm³/mol. The molecule has 0 atom stereocenters. The molecule has 0 aliphatic rings. The molecular formula is C37H32N2OSi. The summed E-state index contributed by atoms with van der Waals surface area (Å²) >= 11 is 0. The fraction of sp³-hybridized carbons (Fsp3) is 0.0811. The minimum absolute atomic E-state index is 0.869. The summed E-state index contributed by atoms with van der Waals surface area (Å²) in [5, 5.41) is 9.67. The van der Waals surface area contributed by atoms with Crippen molar-refractivity contribution in [3.63, 3.8) is 0 Å². The second-order valence-electron chi connectivity index (χ2n) is 11.6. The first-order chi connectivity index (χ1) is 19.9. The zero-order chi connectivity index (χ0) is 28.0. The highest BCUT2D eigenvalue weighted by Crippen LogP contribution is 2.39. The number of anilines is 5. The van der Waals surface area contributed by atoms with E-state index < -0.39 is 8.07 Å². The highest BCUT2D eigenvalue weighted by atomic mass is 28.3. The molecule has 0 aliphatic heterocycles. The lowest BCUT2D eigenvalue weighted by atomic mass is 10.1. The van der Waals surface area contributed by atoms with Gasteiger partial charge in [-0.25, -0.2) is 0 Å². The SMILES string of the molecule is C[Si](C)(C)c1ccc(N(c2ccccc2)c2ccc3oc4cc(Nc5ccc6ccccc6c5)ccc4c3c2)cc1. The van der Waals surface area contributed by atoms with Crippen LogP contribution in [0.2, 0.25) is 19.6 Å². The van der Waals surface area contributed by atoms with Crippen molar-refractivity contribution < 1.29 is 4.42 Å². The van der Waals surface area contributed by atoms with E-state index in [9.17, 15) is 0 Å². The van der Waals surface area contributed by atoms with Crippen molar-refractivity contribution in [2.24, 2.45) is 0 Å². The van der Waals surface area contributed by atoms with Gasteiger partial charge in [-0.1, -0.05) is 85.5 Å². The number of para-hydroxylation sites is 1. The van der Waals surface area contributed by atoms with Gasteiger partial charge >= 0.3 is 0 Å². The monoisotopic (exact) mass is 548 g/mol. The standard InChI is InChI=1S/C37H32N2OSi/c1-41(2,3)33-19-16-31(17-20-33)39(30-11-5-4-6-12-30)32-18-22-36-35(25-32)34-21-15-29(24-37(34)40-36)38-28-14-13-26-9-7-8-10-27(26)23-28/h4-25,38H,1-3H3. The number of benzene rings is 6. The normalized spacial score (nSPS) is 11.8. The molecule has 0 saturated heterocycles. The highest BCUT2D eigenvalue weighted by molar-refractivity contribution is 6.88. The molecule has 1 N–H and O–H groups in total. The van der Waals surface area contributed by atoms with Crippen LogP contribution >= 0.6 is 0 Å². The van der Waals surface area contributed by atoms with E-state index >= 15 is 0 Å². The van der Waals surface area contributed by atoms with Gasteiger partial charge in [-0.2, -0.15) is 0 Å². The fourth-order valence-corrected chi connectivity index (χ4v) is 6.72. The minimum atomic E-state index is -1.39. The van der Waals surface area contributed by atoms with Crippen molar-refractivity contribution in [2.75, 3.05) is 10.2 Å². The molecule has 0 unspecified atom stereocenters. The van der Waals surface area contributed by atoms with Crippen LogP contribution < -0.4 is 15.4 Å². The average Bonchev–Trinajstić information content (AvgIpc) is 3.35. The van der Waals surface area contributed by atoms with Gasteiger partial charge in [0.15, 0.2) is 0 Å². The van der Waals surface area contributed by atoms with Gasteiger partial charge in [0.25, 0.3) is 0 Å². The second kappa shape index (κ2) is 9.99. The van der Waals surface area contributed by atoms with Crippen molar-refractivity contribution >= 4 is 74.4 Å². The van der Waals surface area contributed by atoms with Crippen molar-refractivity contribution in [2.45, 2.75) is 19.6 Å². The Morgan fingerprint density at radius 1 is 0.512 bits per heavy atom. The third-order valence-corrected chi connectivity index (χ3v) is 9.82. The van der Waals surface area contributed by atoms with Crippen molar-refractivity contribution in [3.05, 3.63) is 133 Å². The van der Waals surface area contributed by atoms with Gasteiger partial charge in [0.05, 0.1) is 8.07 Å². The van der Waals surface area contributed by atoms with Crippen LogP contribution in [0, 0.1) is 0 Å². The molecule has 0 bridgehead atoms. The summed E-state index contributed by atoms with van der Waals surface area (Å²) in [6.45, 7) is 7.16. The maximum atomic E-state index is 6.35. The van der Waals surface area contributed by atoms with Crippen LogP contribution in [0.15, 0.2) is 138 Å². The Labute approximate surface area is 241 Å². The molecular weight excluding hydrogens is 517 g/mol. The number of hydrogen-bond donors (Lipinski definition) is 1. The summed E-state index contributed by atoms with van der Waals surface area (Å²) in [4.78, 5) is 2.32. The molecule has 0 radical (unpaired) electrons. The van der Waals surface area contributed by atoms with Crippen LogP contribution in [-0.2, 0) is 0 Å². The van der Waals surface area contributed by atoms with E-state index in [1.807, 2.05) is 0 Å². The van der Waals surface area contributed by atoms with Crippen molar-refractivity contribution in [1.29, 1.82) is 0 Å². The molecule has 4 heteroatoms. The van der Waals surface area contributed by atoms with Crippen LogP contribution in [0.3, 0.4) is 0 Å². The Morgan fingerprint density at radius 2 is 1.17 bits per heavy atom. The first kappa shape index (κ1) is 25.2. The van der Waals surface area contributed by atoms with Gasteiger partial charge in [-0.15, -0.1) is 0 Å². The lowest BCUT2D eigenvalue weighted by Gasteiger charge is -2.26. The van der Waals surface area contributed by atoms with Crippen molar-refractivity contribution in [3.8, 4) is 0 Å². The second-order valence-corrected chi connectivity index (χ2v) is 16.7. The van der Waals surface area contributed by atoms with E-state index in [-0.39, 0.29) is 0 Å². The smallest absolute Gasteiger partial charge is 0.137 e. The summed E-state index contributed by atoms with van der Waals surface area (Å²) < 4.78 is 6.35. The maximum absolute atomic E-state index is 6.35. The third-order valence-electron chi connectivity index (χ3n) is 7.76. The molecule has 7 rings (SSSR count). The van der Waals surface area contributed by atoms with E-state index in [0.29, 0.717) is 0 Å². The molecule has 0 saturated carbocycles. The van der Waals surface area contributed by atoms with Crippen LogP contribution in [0.25, 0.3) is 32.7 Å². The molecule has 41 heavy (non-hydrogen) atoms. The molecule has 200 valence electrons. The number of rotatable bonds is 6. The first-order valence-electron chi connectivity index (χ1n) is 14.1. The van der Waals surface area contributed by atoms with Crippen LogP contribution in [0.5, 0.6) is 0 Å². The summed E-state index contributed by atoms with van der Waals surface area (Å²) in [6, 6.07) is 47.4. The van der Waals surface area contributed by atoms with Gasteiger partial charge in [0, 0.05) is 45.3 Å². The largest absolute Gasteiger partial charge is 0.456 e. The molecule has 1 heterocycles. The predicted octanol–water partition coefficient (Wildman–Crippen LogP) is 10.5. The molecule has 6 aromatic carbocycles. The van der Waals surface area contributed by atoms with Gasteiger partial charge in [0.1, 0.15) is 11.2 Å². The topological polar surface area (TPSA) is 28.4 Å². The Bertz CT molecular complexity index is 2000. The van der Waals surface area contributed by atoms with Crippen LogP contribution in [-0.4, -0.2) is 8.07 Å². The number of hydrogen-bond acceptors (Lipinski definition) is 3. The molecule has 7 aromatic rings. The number of nitrogens with one attached hydrogen (secondary N) is 1. The highest BCUT2D eigenvalue weighted by Gasteiger charge is 2.19. The Kier molecular flexibility index (Phi) is 6.13. The molecule has 1 aromatic heterocycles. The Balaban J connectivity index is 1.27. The third kappa shape index (κ3) is 4.88. The van der Waals surface area contributed by atoms with Crippen molar-refractivity contribution in [1.82, 2.24) is 0 Å². The van der Waals surface area contributed by atoms with Gasteiger partial charge in [-0.05, 0) is 77.5 Å². The van der Waals surface area contributed by atoms with E-state index in [4.69, 9.17) is 4.42 Å². The molecule has 0 fully saturated rings. The number of furan rings is 1. The summed E-state index contributed by atoms with van der Waals surface area (Å²) in [5.41, 5.74) is 7.18.